The molecule has 0 radical (unpaired) electrons. The van der Waals surface area contributed by atoms with Gasteiger partial charge in [-0.1, -0.05) is 13.3 Å². The highest BCUT2D eigenvalue weighted by Gasteiger charge is 2.34. The van der Waals surface area contributed by atoms with Crippen LogP contribution in [0.4, 0.5) is 24.5 Å². The Hall–Kier alpha value is -1.39. The second kappa shape index (κ2) is 4.00. The molecule has 0 atom stereocenters. The maximum absolute atomic E-state index is 12.6. The third-order valence-corrected chi connectivity index (χ3v) is 2.11. The van der Waals surface area contributed by atoms with Gasteiger partial charge in [0.1, 0.15) is 0 Å². The molecule has 0 heterocycles. The Morgan fingerprint density at radius 3 is 2.27 bits per heavy atom. The van der Waals surface area contributed by atoms with Crippen LogP contribution < -0.4 is 11.5 Å². The van der Waals surface area contributed by atoms with E-state index in [0.717, 1.165) is 6.07 Å². The third kappa shape index (κ3) is 2.55. The summed E-state index contributed by atoms with van der Waals surface area (Å²) >= 11 is 0. The van der Waals surface area contributed by atoms with Crippen molar-refractivity contribution < 1.29 is 13.2 Å². The maximum atomic E-state index is 12.6. The molecule has 1 aromatic carbocycles. The minimum atomic E-state index is -4.39. The van der Waals surface area contributed by atoms with Crippen LogP contribution in [-0.2, 0) is 12.6 Å². The number of anilines is 2. The molecule has 0 saturated heterocycles. The highest BCUT2D eigenvalue weighted by molar-refractivity contribution is 5.61. The van der Waals surface area contributed by atoms with E-state index in [1.807, 2.05) is 0 Å². The highest BCUT2D eigenvalue weighted by atomic mass is 19.4. The van der Waals surface area contributed by atoms with Gasteiger partial charge in [-0.3, -0.25) is 0 Å². The fraction of sp³-hybridized carbons (Fsp3) is 0.400. The summed E-state index contributed by atoms with van der Waals surface area (Å²) in [4.78, 5) is 0. The normalized spacial score (nSPS) is 11.7. The highest BCUT2D eigenvalue weighted by Crippen LogP contribution is 2.36. The van der Waals surface area contributed by atoms with Gasteiger partial charge < -0.3 is 11.5 Å². The Kier molecular flexibility index (Phi) is 3.12. The number of benzene rings is 1. The number of nitrogen functional groups attached to an aromatic ring is 2. The lowest BCUT2D eigenvalue weighted by molar-refractivity contribution is -0.138. The van der Waals surface area contributed by atoms with Gasteiger partial charge in [0.15, 0.2) is 0 Å². The molecule has 0 amide bonds. The lowest BCUT2D eigenvalue weighted by Gasteiger charge is -2.15. The fourth-order valence-electron chi connectivity index (χ4n) is 1.50. The quantitative estimate of drug-likeness (QED) is 0.750. The molecule has 0 aliphatic rings. The molecule has 1 rings (SSSR count). The summed E-state index contributed by atoms with van der Waals surface area (Å²) in [6.07, 6.45) is -3.48. The van der Waals surface area contributed by atoms with Gasteiger partial charge in [0.25, 0.3) is 0 Å². The van der Waals surface area contributed by atoms with Gasteiger partial charge in [-0.25, -0.2) is 0 Å². The molecule has 2 nitrogen and oxygen atoms in total. The number of halogens is 3. The number of nitrogens with two attached hydrogens (primary N) is 2. The average Bonchev–Trinajstić information content (AvgIpc) is 2.07. The van der Waals surface area contributed by atoms with Crippen molar-refractivity contribution in [3.8, 4) is 0 Å². The smallest absolute Gasteiger partial charge is 0.399 e. The van der Waals surface area contributed by atoms with E-state index in [4.69, 9.17) is 11.5 Å². The van der Waals surface area contributed by atoms with Gasteiger partial charge in [-0.15, -0.1) is 0 Å². The molecule has 5 heteroatoms. The van der Waals surface area contributed by atoms with E-state index in [2.05, 4.69) is 0 Å². The summed E-state index contributed by atoms with van der Waals surface area (Å²) in [7, 11) is 0. The van der Waals surface area contributed by atoms with E-state index >= 15 is 0 Å². The van der Waals surface area contributed by atoms with Crippen molar-refractivity contribution in [2.24, 2.45) is 0 Å². The first-order chi connectivity index (χ1) is 6.86. The Labute approximate surface area is 86.1 Å². The molecule has 0 saturated carbocycles. The van der Waals surface area contributed by atoms with Crippen molar-refractivity contribution >= 4 is 11.4 Å². The van der Waals surface area contributed by atoms with Gasteiger partial charge in [0.2, 0.25) is 0 Å². The minimum Gasteiger partial charge on any atom is -0.399 e. The van der Waals surface area contributed by atoms with E-state index < -0.39 is 11.7 Å². The van der Waals surface area contributed by atoms with Gasteiger partial charge >= 0.3 is 6.18 Å². The van der Waals surface area contributed by atoms with Crippen molar-refractivity contribution in [3.63, 3.8) is 0 Å². The molecule has 1 aromatic rings. The second-order valence-electron chi connectivity index (χ2n) is 3.38. The topological polar surface area (TPSA) is 52.0 Å². The predicted molar refractivity (Wildman–Crippen MR) is 54.3 cm³/mol. The number of rotatable bonds is 2. The first-order valence-electron chi connectivity index (χ1n) is 4.61. The van der Waals surface area contributed by atoms with Gasteiger partial charge in [-0.2, -0.15) is 13.2 Å². The molecule has 84 valence electrons. The molecular formula is C10H13F3N2. The van der Waals surface area contributed by atoms with Crippen molar-refractivity contribution in [1.82, 2.24) is 0 Å². The molecule has 0 fully saturated rings. The zero-order valence-corrected chi connectivity index (χ0v) is 8.36. The molecule has 0 aliphatic carbocycles. The largest absolute Gasteiger partial charge is 0.416 e. The fourth-order valence-corrected chi connectivity index (χ4v) is 1.50. The molecule has 4 N–H and O–H groups in total. The van der Waals surface area contributed by atoms with Crippen LogP contribution >= 0.6 is 0 Å². The van der Waals surface area contributed by atoms with Crippen molar-refractivity contribution in [2.45, 2.75) is 25.9 Å². The van der Waals surface area contributed by atoms with Crippen molar-refractivity contribution in [1.29, 1.82) is 0 Å². The van der Waals surface area contributed by atoms with Crippen LogP contribution in [0.15, 0.2) is 12.1 Å². The summed E-state index contributed by atoms with van der Waals surface area (Å²) in [5.41, 5.74) is 10.4. The van der Waals surface area contributed by atoms with Crippen LogP contribution in [0.3, 0.4) is 0 Å². The molecular weight excluding hydrogens is 205 g/mol. The van der Waals surface area contributed by atoms with Crippen LogP contribution in [0.2, 0.25) is 0 Å². The van der Waals surface area contributed by atoms with Crippen LogP contribution in [0.1, 0.15) is 24.5 Å². The molecule has 0 spiro atoms. The lowest BCUT2D eigenvalue weighted by Crippen LogP contribution is -2.12. The lowest BCUT2D eigenvalue weighted by atomic mass is 10.00. The van der Waals surface area contributed by atoms with E-state index in [0.29, 0.717) is 12.8 Å². The van der Waals surface area contributed by atoms with Crippen LogP contribution in [0.25, 0.3) is 0 Å². The summed E-state index contributed by atoms with van der Waals surface area (Å²) in [6, 6.07) is 2.29. The summed E-state index contributed by atoms with van der Waals surface area (Å²) in [5, 5.41) is 0. The molecule has 15 heavy (non-hydrogen) atoms. The number of alkyl halides is 3. The zero-order valence-electron chi connectivity index (χ0n) is 8.36. The first-order valence-corrected chi connectivity index (χ1v) is 4.61. The second-order valence-corrected chi connectivity index (χ2v) is 3.38. The van der Waals surface area contributed by atoms with Gasteiger partial charge in [0.05, 0.1) is 5.56 Å². The van der Waals surface area contributed by atoms with Crippen LogP contribution in [0, 0.1) is 0 Å². The van der Waals surface area contributed by atoms with Crippen molar-refractivity contribution in [3.05, 3.63) is 23.3 Å². The minimum absolute atomic E-state index is 0.0414. The van der Waals surface area contributed by atoms with Gasteiger partial charge in [-0.05, 0) is 24.1 Å². The van der Waals surface area contributed by atoms with Crippen LogP contribution in [0.5, 0.6) is 0 Å². The van der Waals surface area contributed by atoms with Crippen LogP contribution in [-0.4, -0.2) is 0 Å². The summed E-state index contributed by atoms with van der Waals surface area (Å²) < 4.78 is 37.9. The third-order valence-electron chi connectivity index (χ3n) is 2.11. The number of hydrogen-bond donors (Lipinski definition) is 2. The van der Waals surface area contributed by atoms with E-state index in [-0.39, 0.29) is 16.9 Å². The van der Waals surface area contributed by atoms with E-state index in [9.17, 15) is 13.2 Å². The Morgan fingerprint density at radius 1 is 1.20 bits per heavy atom. The molecule has 0 unspecified atom stereocenters. The van der Waals surface area contributed by atoms with E-state index in [1.165, 1.54) is 6.07 Å². The first kappa shape index (κ1) is 11.7. The summed E-state index contributed by atoms with van der Waals surface area (Å²) in [6.45, 7) is 1.80. The summed E-state index contributed by atoms with van der Waals surface area (Å²) in [5.74, 6) is 0. The number of hydrogen-bond acceptors (Lipinski definition) is 2. The predicted octanol–water partition coefficient (Wildman–Crippen LogP) is 2.82. The monoisotopic (exact) mass is 218 g/mol. The molecule has 0 aromatic heterocycles. The van der Waals surface area contributed by atoms with E-state index in [1.54, 1.807) is 6.92 Å². The average molecular weight is 218 g/mol. The Balaban J connectivity index is 3.33. The zero-order chi connectivity index (χ0) is 11.6. The Morgan fingerprint density at radius 2 is 1.80 bits per heavy atom. The van der Waals surface area contributed by atoms with Gasteiger partial charge in [0, 0.05) is 11.4 Å². The SMILES string of the molecule is CCCc1c(N)cc(N)cc1C(F)(F)F. The molecule has 0 aliphatic heterocycles. The Bertz CT molecular complexity index is 358. The molecule has 0 bridgehead atoms. The standard InChI is InChI=1S/C10H13F3N2/c1-2-3-7-8(10(11,12)13)4-6(14)5-9(7)15/h4-5H,2-3,14-15H2,1H3. The van der Waals surface area contributed by atoms with Crippen molar-refractivity contribution in [2.75, 3.05) is 11.5 Å². The maximum Gasteiger partial charge on any atom is 0.416 e.